The van der Waals surface area contributed by atoms with Gasteiger partial charge >= 0.3 is 0 Å². The molecule has 0 saturated heterocycles. The van der Waals surface area contributed by atoms with Crippen LogP contribution in [0, 0.1) is 6.92 Å². The van der Waals surface area contributed by atoms with Crippen LogP contribution >= 0.6 is 0 Å². The molecule has 0 spiro atoms. The number of amides is 1. The molecule has 0 aliphatic carbocycles. The summed E-state index contributed by atoms with van der Waals surface area (Å²) in [6.45, 7) is 3.27. The van der Waals surface area contributed by atoms with Gasteiger partial charge in [-0.25, -0.2) is 4.98 Å². The Hall–Kier alpha value is -4.13. The van der Waals surface area contributed by atoms with Gasteiger partial charge in [0.25, 0.3) is 5.91 Å². The van der Waals surface area contributed by atoms with Gasteiger partial charge in [0.2, 0.25) is 5.76 Å². The minimum absolute atomic E-state index is 0.185. The maximum atomic E-state index is 13.3. The quantitative estimate of drug-likeness (QED) is 0.443. The maximum Gasteiger partial charge on any atom is 0.293 e. The third kappa shape index (κ3) is 3.10. The third-order valence-electron chi connectivity index (χ3n) is 5.84. The first-order valence-electron chi connectivity index (χ1n) is 10.5. The number of hydrogen-bond acceptors (Lipinski definition) is 5. The Morgan fingerprint density at radius 1 is 1.03 bits per heavy atom. The molecule has 0 atom stereocenters. The third-order valence-corrected chi connectivity index (χ3v) is 5.84. The average molecular weight is 424 g/mol. The van der Waals surface area contributed by atoms with E-state index in [1.807, 2.05) is 49.4 Å². The van der Waals surface area contributed by atoms with Crippen LogP contribution in [0.15, 0.2) is 65.2 Å². The lowest BCUT2D eigenvalue weighted by Crippen LogP contribution is -2.32. The first kappa shape index (κ1) is 18.6. The Kier molecular flexibility index (Phi) is 4.21. The number of rotatable bonds is 2. The van der Waals surface area contributed by atoms with Crippen LogP contribution in [0.25, 0.3) is 33.1 Å². The second-order valence-electron chi connectivity index (χ2n) is 7.98. The fourth-order valence-corrected chi connectivity index (χ4v) is 4.25. The summed E-state index contributed by atoms with van der Waals surface area (Å²) < 4.78 is 11.3. The van der Waals surface area contributed by atoms with E-state index in [1.165, 1.54) is 0 Å². The van der Waals surface area contributed by atoms with Gasteiger partial charge in [-0.1, -0.05) is 29.4 Å². The van der Waals surface area contributed by atoms with Crippen LogP contribution < -0.4 is 4.74 Å². The van der Waals surface area contributed by atoms with Gasteiger partial charge in [-0.2, -0.15) is 0 Å². The molecule has 1 aliphatic rings. The predicted octanol–water partition coefficient (Wildman–Crippen LogP) is 4.71. The molecule has 0 saturated carbocycles. The highest BCUT2D eigenvalue weighted by atomic mass is 16.5. The minimum atomic E-state index is -0.185. The molecule has 0 fully saturated rings. The summed E-state index contributed by atoms with van der Waals surface area (Å²) in [5, 5.41) is 4.74. The Balaban J connectivity index is 1.34. The van der Waals surface area contributed by atoms with Crippen molar-refractivity contribution in [3.8, 4) is 16.9 Å². The summed E-state index contributed by atoms with van der Waals surface area (Å²) in [4.78, 5) is 22.8. The van der Waals surface area contributed by atoms with Crippen molar-refractivity contribution in [1.29, 1.82) is 0 Å². The number of benzene rings is 3. The van der Waals surface area contributed by atoms with E-state index in [0.717, 1.165) is 44.7 Å². The van der Waals surface area contributed by atoms with Gasteiger partial charge in [-0.3, -0.25) is 4.79 Å². The molecular weight excluding hydrogens is 404 g/mol. The predicted molar refractivity (Wildman–Crippen MR) is 121 cm³/mol. The summed E-state index contributed by atoms with van der Waals surface area (Å²) in [7, 11) is 0. The van der Waals surface area contributed by atoms with Crippen molar-refractivity contribution < 1.29 is 14.1 Å². The summed E-state index contributed by atoms with van der Waals surface area (Å²) >= 11 is 0. The molecule has 2 aromatic heterocycles. The number of aromatic amines is 1. The molecule has 7 nitrogen and oxygen atoms in total. The lowest BCUT2D eigenvalue weighted by Gasteiger charge is -2.18. The molecule has 6 rings (SSSR count). The van der Waals surface area contributed by atoms with E-state index in [2.05, 4.69) is 33.3 Å². The minimum Gasteiger partial charge on any atom is -0.491 e. The van der Waals surface area contributed by atoms with Gasteiger partial charge in [-0.15, -0.1) is 0 Å². The number of nitrogens with one attached hydrogen (secondary N) is 1. The smallest absolute Gasteiger partial charge is 0.293 e. The van der Waals surface area contributed by atoms with E-state index >= 15 is 0 Å². The highest BCUT2D eigenvalue weighted by molar-refractivity contribution is 6.03. The summed E-state index contributed by atoms with van der Waals surface area (Å²) in [5.74, 6) is 1.77. The van der Waals surface area contributed by atoms with E-state index in [4.69, 9.17) is 9.26 Å². The van der Waals surface area contributed by atoms with Gasteiger partial charge in [0.05, 0.1) is 23.0 Å². The van der Waals surface area contributed by atoms with Crippen molar-refractivity contribution >= 4 is 27.8 Å². The van der Waals surface area contributed by atoms with E-state index < -0.39 is 0 Å². The van der Waals surface area contributed by atoms with Gasteiger partial charge in [-0.05, 0) is 54.4 Å². The normalized spacial score (nSPS) is 13.7. The van der Waals surface area contributed by atoms with Crippen molar-refractivity contribution in [2.24, 2.45) is 0 Å². The molecular formula is C25H20N4O3. The molecule has 158 valence electrons. The largest absolute Gasteiger partial charge is 0.491 e. The van der Waals surface area contributed by atoms with E-state index in [9.17, 15) is 4.79 Å². The van der Waals surface area contributed by atoms with Crippen molar-refractivity contribution in [2.45, 2.75) is 13.5 Å². The molecule has 0 unspecified atom stereocenters. The number of fused-ring (bicyclic) bond motifs is 3. The zero-order valence-corrected chi connectivity index (χ0v) is 17.5. The highest BCUT2D eigenvalue weighted by Gasteiger charge is 2.26. The molecule has 32 heavy (non-hydrogen) atoms. The number of aryl methyl sites for hydroxylation is 1. The molecule has 0 bridgehead atoms. The van der Waals surface area contributed by atoms with Crippen LogP contribution in [-0.2, 0) is 6.54 Å². The number of imidazole rings is 1. The fourth-order valence-electron chi connectivity index (χ4n) is 4.25. The number of H-pyrrole nitrogens is 1. The topological polar surface area (TPSA) is 84.2 Å². The molecule has 3 heterocycles. The molecule has 1 aliphatic heterocycles. The number of ether oxygens (including phenoxy) is 1. The Morgan fingerprint density at radius 2 is 1.88 bits per heavy atom. The molecule has 0 radical (unpaired) electrons. The SMILES string of the molecule is Cc1nc2ccc(-c3ccc4c(c3)CN(C(=O)c3onc5ccccc35)CCO4)cc2[nH]1. The lowest BCUT2D eigenvalue weighted by molar-refractivity contribution is 0.0694. The first-order valence-corrected chi connectivity index (χ1v) is 10.5. The standard InChI is InChI=1S/C25H20N4O3/c1-15-26-21-8-6-17(13-22(21)27-15)16-7-9-23-18(12-16)14-29(10-11-31-23)25(30)24-19-4-2-3-5-20(19)28-32-24/h2-9,12-13H,10-11,14H2,1H3,(H,26,27). The second-order valence-corrected chi connectivity index (χ2v) is 7.98. The Bertz CT molecular complexity index is 1480. The van der Waals surface area contributed by atoms with Crippen molar-refractivity contribution in [3.63, 3.8) is 0 Å². The monoisotopic (exact) mass is 424 g/mol. The molecule has 1 N–H and O–H groups in total. The lowest BCUT2D eigenvalue weighted by atomic mass is 10.0. The number of hydrogen-bond donors (Lipinski definition) is 1. The average Bonchev–Trinajstić information content (AvgIpc) is 3.33. The van der Waals surface area contributed by atoms with Gasteiger partial charge in [0.15, 0.2) is 0 Å². The van der Waals surface area contributed by atoms with E-state index in [-0.39, 0.29) is 11.7 Å². The maximum absolute atomic E-state index is 13.3. The number of nitrogens with zero attached hydrogens (tertiary/aromatic N) is 3. The number of aromatic nitrogens is 3. The molecule has 1 amide bonds. The summed E-state index contributed by atoms with van der Waals surface area (Å²) in [6, 6.07) is 19.7. The van der Waals surface area contributed by atoms with Gasteiger partial charge in [0.1, 0.15) is 23.7 Å². The summed E-state index contributed by atoms with van der Waals surface area (Å²) in [6.07, 6.45) is 0. The molecule has 7 heteroatoms. The van der Waals surface area contributed by atoms with Crippen LogP contribution in [0.5, 0.6) is 5.75 Å². The zero-order valence-electron chi connectivity index (χ0n) is 17.5. The van der Waals surface area contributed by atoms with Gasteiger partial charge < -0.3 is 19.1 Å². The fraction of sp³-hybridized carbons (Fsp3) is 0.160. The van der Waals surface area contributed by atoms with E-state index in [0.29, 0.717) is 25.2 Å². The van der Waals surface area contributed by atoms with E-state index in [1.54, 1.807) is 4.90 Å². The molecule has 5 aromatic rings. The van der Waals surface area contributed by atoms with Crippen LogP contribution in [0.2, 0.25) is 0 Å². The van der Waals surface area contributed by atoms with Crippen molar-refractivity contribution in [1.82, 2.24) is 20.0 Å². The zero-order chi connectivity index (χ0) is 21.7. The van der Waals surface area contributed by atoms with Gasteiger partial charge in [0, 0.05) is 12.1 Å². The highest BCUT2D eigenvalue weighted by Crippen LogP contribution is 2.31. The molecule has 3 aromatic carbocycles. The number of carbonyl (C=O) groups excluding carboxylic acids is 1. The summed E-state index contributed by atoms with van der Waals surface area (Å²) in [5.41, 5.74) is 5.71. The van der Waals surface area contributed by atoms with Crippen LogP contribution in [0.4, 0.5) is 0 Å². The Morgan fingerprint density at radius 3 is 2.81 bits per heavy atom. The van der Waals surface area contributed by atoms with Crippen LogP contribution in [-0.4, -0.2) is 39.1 Å². The first-order chi connectivity index (χ1) is 15.7. The van der Waals surface area contributed by atoms with Crippen molar-refractivity contribution in [2.75, 3.05) is 13.2 Å². The van der Waals surface area contributed by atoms with Crippen molar-refractivity contribution in [3.05, 3.63) is 77.8 Å². The number of carbonyl (C=O) groups is 1. The second kappa shape index (κ2) is 7.23. The van der Waals surface area contributed by atoms with Crippen LogP contribution in [0.3, 0.4) is 0 Å². The van der Waals surface area contributed by atoms with Crippen LogP contribution in [0.1, 0.15) is 21.9 Å². The Labute approximate surface area is 183 Å².